The largest absolute Gasteiger partial charge is 0.479 e. The molecule has 5 heteroatoms. The molecule has 1 rings (SSSR count). The van der Waals surface area contributed by atoms with E-state index in [0.29, 0.717) is 5.56 Å². The summed E-state index contributed by atoms with van der Waals surface area (Å²) in [6, 6.07) is 4.36. The predicted molar refractivity (Wildman–Crippen MR) is 75.7 cm³/mol. The summed E-state index contributed by atoms with van der Waals surface area (Å²) in [6.45, 7) is 8.84. The zero-order chi connectivity index (χ0) is 15.5. The van der Waals surface area contributed by atoms with Crippen molar-refractivity contribution in [2.24, 2.45) is 0 Å². The number of rotatable bonds is 3. The van der Waals surface area contributed by atoms with Gasteiger partial charge in [0.25, 0.3) is 0 Å². The topological polar surface area (TPSA) is 75.6 Å². The van der Waals surface area contributed by atoms with Crippen LogP contribution in [0.5, 0.6) is 0 Å². The van der Waals surface area contributed by atoms with Crippen LogP contribution in [-0.2, 0) is 9.53 Å². The molecule has 0 fully saturated rings. The third-order valence-electron chi connectivity index (χ3n) is 2.65. The van der Waals surface area contributed by atoms with E-state index in [9.17, 15) is 14.7 Å². The highest BCUT2D eigenvalue weighted by Crippen LogP contribution is 2.20. The molecule has 0 saturated heterocycles. The Labute approximate surface area is 118 Å². The fourth-order valence-electron chi connectivity index (χ4n) is 1.77. The van der Waals surface area contributed by atoms with Crippen LogP contribution in [0.1, 0.15) is 43.5 Å². The smallest absolute Gasteiger partial charge is 0.408 e. The summed E-state index contributed by atoms with van der Waals surface area (Å²) >= 11 is 0. The van der Waals surface area contributed by atoms with Crippen molar-refractivity contribution in [3.8, 4) is 0 Å². The first kappa shape index (κ1) is 16.0. The second-order valence-corrected chi connectivity index (χ2v) is 5.78. The second-order valence-electron chi connectivity index (χ2n) is 5.78. The standard InChI is InChI=1S/C15H21NO4/c1-9-6-7-10(2)11(8-9)12(13(17)18)16-14(19)20-15(3,4)5/h6-8,12H,1-5H3,(H,16,19)(H,17,18)/t12-/m1/s1. The van der Waals surface area contributed by atoms with Crippen molar-refractivity contribution in [1.29, 1.82) is 0 Å². The number of amides is 1. The molecule has 2 N–H and O–H groups in total. The minimum Gasteiger partial charge on any atom is -0.479 e. The molecular weight excluding hydrogens is 258 g/mol. The number of aliphatic carboxylic acids is 1. The monoisotopic (exact) mass is 279 g/mol. The third-order valence-corrected chi connectivity index (χ3v) is 2.65. The van der Waals surface area contributed by atoms with Gasteiger partial charge in [-0.05, 0) is 45.7 Å². The van der Waals surface area contributed by atoms with Gasteiger partial charge in [0, 0.05) is 0 Å². The average Bonchev–Trinajstić information content (AvgIpc) is 2.27. The van der Waals surface area contributed by atoms with Crippen LogP contribution in [0.25, 0.3) is 0 Å². The van der Waals surface area contributed by atoms with E-state index in [1.54, 1.807) is 26.8 Å². The van der Waals surface area contributed by atoms with E-state index in [-0.39, 0.29) is 0 Å². The van der Waals surface area contributed by atoms with Gasteiger partial charge in [-0.15, -0.1) is 0 Å². The molecule has 0 bridgehead atoms. The Balaban J connectivity index is 2.98. The van der Waals surface area contributed by atoms with Crippen LogP contribution >= 0.6 is 0 Å². The summed E-state index contributed by atoms with van der Waals surface area (Å²) < 4.78 is 5.10. The molecule has 1 atom stereocenters. The van der Waals surface area contributed by atoms with Crippen LogP contribution in [0.3, 0.4) is 0 Å². The summed E-state index contributed by atoms with van der Waals surface area (Å²) in [4.78, 5) is 23.1. The van der Waals surface area contributed by atoms with Gasteiger partial charge in [0.1, 0.15) is 5.60 Å². The number of ether oxygens (including phenoxy) is 1. The third kappa shape index (κ3) is 4.57. The maximum Gasteiger partial charge on any atom is 0.408 e. The number of hydrogen-bond acceptors (Lipinski definition) is 3. The first-order valence-corrected chi connectivity index (χ1v) is 6.39. The number of nitrogens with one attached hydrogen (secondary N) is 1. The van der Waals surface area contributed by atoms with Crippen molar-refractivity contribution in [1.82, 2.24) is 5.32 Å². The molecule has 1 aromatic carbocycles. The van der Waals surface area contributed by atoms with Crippen molar-refractivity contribution in [3.63, 3.8) is 0 Å². The molecule has 0 aliphatic heterocycles. The number of benzene rings is 1. The van der Waals surface area contributed by atoms with Crippen molar-refractivity contribution in [2.75, 3.05) is 0 Å². The van der Waals surface area contributed by atoms with Gasteiger partial charge >= 0.3 is 12.1 Å². The van der Waals surface area contributed by atoms with Gasteiger partial charge in [-0.25, -0.2) is 9.59 Å². The molecule has 0 aliphatic rings. The molecule has 0 radical (unpaired) electrons. The number of carbonyl (C=O) groups is 2. The Morgan fingerprint density at radius 3 is 2.35 bits per heavy atom. The Morgan fingerprint density at radius 2 is 1.85 bits per heavy atom. The molecule has 0 saturated carbocycles. The molecule has 0 heterocycles. The lowest BCUT2D eigenvalue weighted by molar-refractivity contribution is -0.139. The van der Waals surface area contributed by atoms with Gasteiger partial charge in [-0.1, -0.05) is 23.8 Å². The van der Waals surface area contributed by atoms with Crippen molar-refractivity contribution in [2.45, 2.75) is 46.3 Å². The van der Waals surface area contributed by atoms with Gasteiger partial charge in [-0.2, -0.15) is 0 Å². The molecule has 20 heavy (non-hydrogen) atoms. The van der Waals surface area contributed by atoms with Crippen LogP contribution in [0, 0.1) is 13.8 Å². The number of carboxylic acid groups (broad SMARTS) is 1. The van der Waals surface area contributed by atoms with E-state index >= 15 is 0 Å². The maximum absolute atomic E-state index is 11.7. The lowest BCUT2D eigenvalue weighted by Crippen LogP contribution is -2.38. The number of alkyl carbamates (subject to hydrolysis) is 1. The molecular formula is C15H21NO4. The van der Waals surface area contributed by atoms with E-state index in [1.807, 2.05) is 26.0 Å². The van der Waals surface area contributed by atoms with E-state index in [2.05, 4.69) is 5.32 Å². The van der Waals surface area contributed by atoms with Gasteiger partial charge in [-0.3, -0.25) is 0 Å². The highest BCUT2D eigenvalue weighted by atomic mass is 16.6. The van der Waals surface area contributed by atoms with Crippen LogP contribution in [0.15, 0.2) is 18.2 Å². The van der Waals surface area contributed by atoms with Gasteiger partial charge in [0.15, 0.2) is 6.04 Å². The van der Waals surface area contributed by atoms with E-state index in [0.717, 1.165) is 11.1 Å². The summed E-state index contributed by atoms with van der Waals surface area (Å²) in [6.07, 6.45) is -0.745. The normalized spacial score (nSPS) is 12.7. The lowest BCUT2D eigenvalue weighted by atomic mass is 9.99. The van der Waals surface area contributed by atoms with Gasteiger partial charge in [0.05, 0.1) is 0 Å². The average molecular weight is 279 g/mol. The quantitative estimate of drug-likeness (QED) is 0.892. The van der Waals surface area contributed by atoms with E-state index < -0.39 is 23.7 Å². The van der Waals surface area contributed by atoms with Crippen LogP contribution in [0.4, 0.5) is 4.79 Å². The van der Waals surface area contributed by atoms with Crippen LogP contribution in [-0.4, -0.2) is 22.8 Å². The molecule has 110 valence electrons. The number of carbonyl (C=O) groups excluding carboxylic acids is 1. The summed E-state index contributed by atoms with van der Waals surface area (Å²) in [5.74, 6) is -1.12. The minimum absolute atomic E-state index is 0.559. The van der Waals surface area contributed by atoms with Crippen molar-refractivity contribution >= 4 is 12.1 Å². The maximum atomic E-state index is 11.7. The summed E-state index contributed by atoms with van der Waals surface area (Å²) in [5, 5.41) is 11.7. The second kappa shape index (κ2) is 5.94. The predicted octanol–water partition coefficient (Wildman–Crippen LogP) is 2.95. The highest BCUT2D eigenvalue weighted by molar-refractivity contribution is 5.82. The molecule has 0 spiro atoms. The first-order chi connectivity index (χ1) is 9.10. The minimum atomic E-state index is -1.12. The van der Waals surface area contributed by atoms with Crippen LogP contribution in [0.2, 0.25) is 0 Å². The first-order valence-electron chi connectivity index (χ1n) is 6.39. The zero-order valence-electron chi connectivity index (χ0n) is 12.5. The SMILES string of the molecule is Cc1ccc(C)c([C@@H](NC(=O)OC(C)(C)C)C(=O)O)c1. The fourth-order valence-corrected chi connectivity index (χ4v) is 1.77. The Hall–Kier alpha value is -2.04. The van der Waals surface area contributed by atoms with Crippen LogP contribution < -0.4 is 5.32 Å². The Kier molecular flexibility index (Phi) is 4.76. The molecule has 1 amide bonds. The number of hydrogen-bond donors (Lipinski definition) is 2. The molecule has 0 aromatic heterocycles. The lowest BCUT2D eigenvalue weighted by Gasteiger charge is -2.23. The molecule has 0 aliphatic carbocycles. The fraction of sp³-hybridized carbons (Fsp3) is 0.467. The molecule has 5 nitrogen and oxygen atoms in total. The summed E-state index contributed by atoms with van der Waals surface area (Å²) in [5.41, 5.74) is 1.62. The molecule has 0 unspecified atom stereocenters. The number of carboxylic acids is 1. The van der Waals surface area contributed by atoms with E-state index in [1.165, 1.54) is 0 Å². The van der Waals surface area contributed by atoms with Crippen molar-refractivity contribution < 1.29 is 19.4 Å². The summed E-state index contributed by atoms with van der Waals surface area (Å²) in [7, 11) is 0. The van der Waals surface area contributed by atoms with Crippen molar-refractivity contribution in [3.05, 3.63) is 34.9 Å². The molecule has 1 aromatic rings. The van der Waals surface area contributed by atoms with Gasteiger partial charge in [0.2, 0.25) is 0 Å². The highest BCUT2D eigenvalue weighted by Gasteiger charge is 2.26. The Morgan fingerprint density at radius 1 is 1.25 bits per heavy atom. The Bertz CT molecular complexity index is 517. The number of aryl methyl sites for hydroxylation is 2. The van der Waals surface area contributed by atoms with Gasteiger partial charge < -0.3 is 15.2 Å². The zero-order valence-corrected chi connectivity index (χ0v) is 12.5. The van der Waals surface area contributed by atoms with E-state index in [4.69, 9.17) is 4.74 Å².